The first-order valence-corrected chi connectivity index (χ1v) is 7.23. The molecule has 2 rings (SSSR count). The average Bonchev–Trinajstić information content (AvgIpc) is 2.80. The molecule has 1 aliphatic rings. The standard InChI is InChI=1S/C12H17N3S2/c1-8-5-9(12(13)16)6-11(14-8)15(2)10-3-4-17-7-10/h5-6,10H,3-4,7H2,1-2H3,(H2,13,16). The third kappa shape index (κ3) is 2.90. The van der Waals surface area contributed by atoms with Crippen molar-refractivity contribution in [3.8, 4) is 0 Å². The quantitative estimate of drug-likeness (QED) is 0.848. The average molecular weight is 267 g/mol. The van der Waals surface area contributed by atoms with Crippen molar-refractivity contribution in [2.75, 3.05) is 23.5 Å². The molecule has 1 aliphatic heterocycles. The highest BCUT2D eigenvalue weighted by molar-refractivity contribution is 7.99. The molecule has 1 atom stereocenters. The number of aryl methyl sites for hydroxylation is 1. The molecule has 0 aromatic carbocycles. The lowest BCUT2D eigenvalue weighted by Crippen LogP contribution is -2.32. The Bertz CT molecular complexity index is 428. The molecule has 1 aromatic rings. The maximum Gasteiger partial charge on any atom is 0.129 e. The van der Waals surface area contributed by atoms with Gasteiger partial charge in [0.25, 0.3) is 0 Å². The van der Waals surface area contributed by atoms with Gasteiger partial charge in [-0.2, -0.15) is 11.8 Å². The van der Waals surface area contributed by atoms with E-state index in [-0.39, 0.29) is 0 Å². The second-order valence-electron chi connectivity index (χ2n) is 4.35. The van der Waals surface area contributed by atoms with Gasteiger partial charge in [-0.15, -0.1) is 0 Å². The molecule has 5 heteroatoms. The molecular weight excluding hydrogens is 250 g/mol. The van der Waals surface area contributed by atoms with Crippen molar-refractivity contribution < 1.29 is 0 Å². The van der Waals surface area contributed by atoms with Crippen LogP contribution < -0.4 is 10.6 Å². The summed E-state index contributed by atoms with van der Waals surface area (Å²) in [6.45, 7) is 1.97. The van der Waals surface area contributed by atoms with Gasteiger partial charge in [0.1, 0.15) is 10.8 Å². The van der Waals surface area contributed by atoms with Crippen molar-refractivity contribution in [3.05, 3.63) is 23.4 Å². The number of pyridine rings is 1. The second-order valence-corrected chi connectivity index (χ2v) is 5.94. The predicted molar refractivity (Wildman–Crippen MR) is 79.0 cm³/mol. The highest BCUT2D eigenvalue weighted by atomic mass is 32.2. The van der Waals surface area contributed by atoms with Gasteiger partial charge < -0.3 is 10.6 Å². The van der Waals surface area contributed by atoms with Crippen LogP contribution in [0.5, 0.6) is 0 Å². The van der Waals surface area contributed by atoms with Gasteiger partial charge in [0.15, 0.2) is 0 Å². The summed E-state index contributed by atoms with van der Waals surface area (Å²) < 4.78 is 0. The summed E-state index contributed by atoms with van der Waals surface area (Å²) in [6, 6.07) is 4.50. The number of anilines is 1. The molecule has 0 saturated carbocycles. The van der Waals surface area contributed by atoms with Crippen LogP contribution in [0.3, 0.4) is 0 Å². The molecule has 1 aromatic heterocycles. The van der Waals surface area contributed by atoms with E-state index in [9.17, 15) is 0 Å². The van der Waals surface area contributed by atoms with Crippen LogP contribution in [0.2, 0.25) is 0 Å². The van der Waals surface area contributed by atoms with Crippen molar-refractivity contribution in [1.29, 1.82) is 0 Å². The van der Waals surface area contributed by atoms with Gasteiger partial charge in [0.2, 0.25) is 0 Å². The summed E-state index contributed by atoms with van der Waals surface area (Å²) in [7, 11) is 2.10. The van der Waals surface area contributed by atoms with Gasteiger partial charge in [-0.1, -0.05) is 12.2 Å². The van der Waals surface area contributed by atoms with Gasteiger partial charge in [-0.3, -0.25) is 0 Å². The molecule has 1 unspecified atom stereocenters. The summed E-state index contributed by atoms with van der Waals surface area (Å²) in [5.74, 6) is 3.39. The molecule has 3 nitrogen and oxygen atoms in total. The van der Waals surface area contributed by atoms with Gasteiger partial charge >= 0.3 is 0 Å². The molecule has 0 spiro atoms. The molecular formula is C12H17N3S2. The molecule has 0 bridgehead atoms. The van der Waals surface area contributed by atoms with Crippen LogP contribution >= 0.6 is 24.0 Å². The molecule has 0 amide bonds. The number of hydrogen-bond acceptors (Lipinski definition) is 4. The first kappa shape index (κ1) is 12.6. The lowest BCUT2D eigenvalue weighted by atomic mass is 10.2. The predicted octanol–water partition coefficient (Wildman–Crippen LogP) is 1.97. The van der Waals surface area contributed by atoms with Gasteiger partial charge in [-0.05, 0) is 31.2 Å². The summed E-state index contributed by atoms with van der Waals surface area (Å²) in [5.41, 5.74) is 7.55. The maximum atomic E-state index is 5.69. The van der Waals surface area contributed by atoms with Crippen LogP contribution in [0.4, 0.5) is 5.82 Å². The maximum absolute atomic E-state index is 5.69. The Morgan fingerprint density at radius 1 is 1.59 bits per heavy atom. The number of thioether (sulfide) groups is 1. The number of aromatic nitrogens is 1. The van der Waals surface area contributed by atoms with Crippen molar-refractivity contribution in [2.45, 2.75) is 19.4 Å². The zero-order valence-corrected chi connectivity index (χ0v) is 11.8. The third-order valence-electron chi connectivity index (χ3n) is 3.04. The minimum atomic E-state index is 0.436. The SMILES string of the molecule is Cc1cc(C(N)=S)cc(N(C)C2CCSC2)n1. The van der Waals surface area contributed by atoms with E-state index < -0.39 is 0 Å². The van der Waals surface area contributed by atoms with E-state index in [1.165, 1.54) is 17.9 Å². The molecule has 0 radical (unpaired) electrons. The topological polar surface area (TPSA) is 42.1 Å². The van der Waals surface area contributed by atoms with Crippen LogP contribution in [0.15, 0.2) is 12.1 Å². The Kier molecular flexibility index (Phi) is 3.89. The van der Waals surface area contributed by atoms with E-state index in [4.69, 9.17) is 18.0 Å². The van der Waals surface area contributed by atoms with E-state index in [2.05, 4.69) is 16.9 Å². The van der Waals surface area contributed by atoms with Crippen LogP contribution in [0, 0.1) is 6.92 Å². The van der Waals surface area contributed by atoms with E-state index in [0.717, 1.165) is 17.1 Å². The van der Waals surface area contributed by atoms with E-state index >= 15 is 0 Å². The number of rotatable bonds is 3. The Balaban J connectivity index is 2.27. The van der Waals surface area contributed by atoms with Crippen LogP contribution in [0.25, 0.3) is 0 Å². The van der Waals surface area contributed by atoms with Gasteiger partial charge in [0, 0.05) is 30.1 Å². The fraction of sp³-hybridized carbons (Fsp3) is 0.500. The summed E-state index contributed by atoms with van der Waals surface area (Å²) in [5, 5.41) is 0. The van der Waals surface area contributed by atoms with Crippen molar-refractivity contribution in [3.63, 3.8) is 0 Å². The number of nitrogens with two attached hydrogens (primary N) is 1. The monoisotopic (exact) mass is 267 g/mol. The van der Waals surface area contributed by atoms with Crippen molar-refractivity contribution in [2.24, 2.45) is 5.73 Å². The number of thiocarbonyl (C=S) groups is 1. The van der Waals surface area contributed by atoms with Crippen LogP contribution in [0.1, 0.15) is 17.7 Å². The van der Waals surface area contributed by atoms with E-state index in [1.54, 1.807) is 0 Å². The normalized spacial score (nSPS) is 19.3. The fourth-order valence-corrected chi connectivity index (χ4v) is 3.37. The van der Waals surface area contributed by atoms with Gasteiger partial charge in [-0.25, -0.2) is 4.98 Å². The first-order valence-electron chi connectivity index (χ1n) is 5.67. The van der Waals surface area contributed by atoms with Crippen LogP contribution in [-0.2, 0) is 0 Å². The first-order chi connectivity index (χ1) is 8.08. The minimum Gasteiger partial charge on any atom is -0.389 e. The largest absolute Gasteiger partial charge is 0.389 e. The summed E-state index contributed by atoms with van der Waals surface area (Å²) in [4.78, 5) is 7.24. The number of nitrogens with zero attached hydrogens (tertiary/aromatic N) is 2. The highest BCUT2D eigenvalue weighted by Gasteiger charge is 2.21. The molecule has 17 heavy (non-hydrogen) atoms. The Morgan fingerprint density at radius 3 is 2.94 bits per heavy atom. The van der Waals surface area contributed by atoms with Crippen LogP contribution in [-0.4, -0.2) is 34.6 Å². The fourth-order valence-electron chi connectivity index (χ4n) is 1.99. The lowest BCUT2D eigenvalue weighted by molar-refractivity contribution is 0.690. The van der Waals surface area contributed by atoms with E-state index in [0.29, 0.717) is 11.0 Å². The highest BCUT2D eigenvalue weighted by Crippen LogP contribution is 2.25. The molecule has 92 valence electrons. The second kappa shape index (κ2) is 5.23. The molecule has 2 N–H and O–H groups in total. The molecule has 0 aliphatic carbocycles. The van der Waals surface area contributed by atoms with Crippen molar-refractivity contribution in [1.82, 2.24) is 4.98 Å². The Morgan fingerprint density at radius 2 is 2.35 bits per heavy atom. The Hall–Kier alpha value is -0.810. The number of hydrogen-bond donors (Lipinski definition) is 1. The zero-order valence-electron chi connectivity index (χ0n) is 10.1. The molecule has 1 fully saturated rings. The third-order valence-corrected chi connectivity index (χ3v) is 4.42. The lowest BCUT2D eigenvalue weighted by Gasteiger charge is -2.25. The summed E-state index contributed by atoms with van der Waals surface area (Å²) in [6.07, 6.45) is 1.22. The summed E-state index contributed by atoms with van der Waals surface area (Å²) >= 11 is 7.03. The van der Waals surface area contributed by atoms with E-state index in [1.807, 2.05) is 30.8 Å². The van der Waals surface area contributed by atoms with Crippen molar-refractivity contribution >= 4 is 34.8 Å². The molecule has 1 saturated heterocycles. The zero-order chi connectivity index (χ0) is 12.4. The van der Waals surface area contributed by atoms with Gasteiger partial charge in [0.05, 0.1) is 0 Å². The Labute approximate surface area is 112 Å². The molecule has 2 heterocycles. The minimum absolute atomic E-state index is 0.436. The smallest absolute Gasteiger partial charge is 0.129 e.